The highest BCUT2D eigenvalue weighted by Gasteiger charge is 2.18. The maximum absolute atomic E-state index is 13.6. The van der Waals surface area contributed by atoms with Crippen LogP contribution in [0.25, 0.3) is 0 Å². The van der Waals surface area contributed by atoms with Gasteiger partial charge >= 0.3 is 0 Å². The topological polar surface area (TPSA) is 82.3 Å². The molecule has 0 aliphatic carbocycles. The van der Waals surface area contributed by atoms with Crippen molar-refractivity contribution in [2.24, 2.45) is 0 Å². The summed E-state index contributed by atoms with van der Waals surface area (Å²) in [5, 5.41) is 0. The first-order valence-corrected chi connectivity index (χ1v) is 7.15. The predicted octanol–water partition coefficient (Wildman–Crippen LogP) is 2.00. The van der Waals surface area contributed by atoms with E-state index in [2.05, 4.69) is 4.98 Å². The van der Waals surface area contributed by atoms with Gasteiger partial charge in [0.05, 0.1) is 5.69 Å². The quantitative estimate of drug-likeness (QED) is 0.871. The Kier molecular flexibility index (Phi) is 3.39. The van der Waals surface area contributed by atoms with Crippen LogP contribution in [-0.2, 0) is 9.84 Å². The molecular weight excluding hydrogens is 271 g/mol. The number of anilines is 1. The van der Waals surface area contributed by atoms with E-state index in [1.165, 1.54) is 30.5 Å². The van der Waals surface area contributed by atoms with E-state index in [0.717, 1.165) is 12.3 Å². The Balaban J connectivity index is 2.51. The van der Waals surface area contributed by atoms with Gasteiger partial charge in [0.2, 0.25) is 5.88 Å². The van der Waals surface area contributed by atoms with E-state index in [-0.39, 0.29) is 22.2 Å². The Hall–Kier alpha value is -2.15. The minimum atomic E-state index is -3.53. The first-order valence-electron chi connectivity index (χ1n) is 5.26. The Bertz CT molecular complexity index is 696. The number of nitrogens with zero attached hydrogens (tertiary/aromatic N) is 1. The van der Waals surface area contributed by atoms with Crippen molar-refractivity contribution in [1.29, 1.82) is 0 Å². The van der Waals surface area contributed by atoms with Gasteiger partial charge in [0, 0.05) is 12.5 Å². The van der Waals surface area contributed by atoms with E-state index < -0.39 is 15.7 Å². The number of ether oxygens (including phenoxy) is 1. The van der Waals surface area contributed by atoms with Crippen LogP contribution in [0, 0.1) is 5.82 Å². The van der Waals surface area contributed by atoms with E-state index in [1.54, 1.807) is 0 Å². The fraction of sp³-hybridized carbons (Fsp3) is 0.0833. The molecule has 0 spiro atoms. The number of para-hydroxylation sites is 1. The Morgan fingerprint density at radius 1 is 1.26 bits per heavy atom. The Morgan fingerprint density at radius 2 is 2.00 bits per heavy atom. The van der Waals surface area contributed by atoms with Crippen molar-refractivity contribution in [3.8, 4) is 11.6 Å². The molecule has 0 unspecified atom stereocenters. The number of benzene rings is 1. The molecule has 1 heterocycles. The maximum atomic E-state index is 13.6. The molecule has 2 rings (SSSR count). The second-order valence-electron chi connectivity index (χ2n) is 3.84. The van der Waals surface area contributed by atoms with Crippen molar-refractivity contribution in [3.05, 3.63) is 42.3 Å². The number of rotatable bonds is 3. The summed E-state index contributed by atoms with van der Waals surface area (Å²) in [5.41, 5.74) is 5.65. The van der Waals surface area contributed by atoms with E-state index in [9.17, 15) is 12.8 Å². The maximum Gasteiger partial charge on any atom is 0.238 e. The van der Waals surface area contributed by atoms with Gasteiger partial charge in [0.25, 0.3) is 0 Å². The Morgan fingerprint density at radius 3 is 2.63 bits per heavy atom. The molecule has 2 aromatic rings. The lowest BCUT2D eigenvalue weighted by molar-refractivity contribution is 0.418. The van der Waals surface area contributed by atoms with Gasteiger partial charge in [-0.1, -0.05) is 6.07 Å². The van der Waals surface area contributed by atoms with Crippen LogP contribution in [0.2, 0.25) is 0 Å². The summed E-state index contributed by atoms with van der Waals surface area (Å²) in [5.74, 6) is -1.14. The fourth-order valence-corrected chi connectivity index (χ4v) is 2.20. The average molecular weight is 282 g/mol. The van der Waals surface area contributed by atoms with Crippen LogP contribution in [0.15, 0.2) is 41.4 Å². The first kappa shape index (κ1) is 13.3. The normalized spacial score (nSPS) is 11.3. The molecule has 7 heteroatoms. The van der Waals surface area contributed by atoms with Crippen LogP contribution in [0.5, 0.6) is 11.6 Å². The summed E-state index contributed by atoms with van der Waals surface area (Å²) in [7, 11) is -3.53. The molecule has 0 atom stereocenters. The molecule has 5 nitrogen and oxygen atoms in total. The number of aromatic nitrogens is 1. The van der Waals surface area contributed by atoms with Crippen molar-refractivity contribution < 1.29 is 17.5 Å². The summed E-state index contributed by atoms with van der Waals surface area (Å²) in [6.45, 7) is 0. The van der Waals surface area contributed by atoms with Crippen molar-refractivity contribution in [2.45, 2.75) is 4.90 Å². The highest BCUT2D eigenvalue weighted by atomic mass is 32.2. The highest BCUT2D eigenvalue weighted by molar-refractivity contribution is 7.90. The summed E-state index contributed by atoms with van der Waals surface area (Å²) in [6.07, 6.45) is 2.36. The molecule has 0 aliphatic heterocycles. The summed E-state index contributed by atoms with van der Waals surface area (Å²) in [6, 6.07) is 6.81. The summed E-state index contributed by atoms with van der Waals surface area (Å²) in [4.78, 5) is 3.67. The van der Waals surface area contributed by atoms with Crippen LogP contribution in [0.1, 0.15) is 0 Å². The molecule has 2 N–H and O–H groups in total. The molecule has 1 aromatic heterocycles. The van der Waals surface area contributed by atoms with E-state index in [1.807, 2.05) is 0 Å². The largest absolute Gasteiger partial charge is 0.432 e. The van der Waals surface area contributed by atoms with Crippen molar-refractivity contribution in [1.82, 2.24) is 4.98 Å². The lowest BCUT2D eigenvalue weighted by Crippen LogP contribution is -2.03. The van der Waals surface area contributed by atoms with Gasteiger partial charge < -0.3 is 10.5 Å². The van der Waals surface area contributed by atoms with Crippen LogP contribution in [0.3, 0.4) is 0 Å². The van der Waals surface area contributed by atoms with Crippen molar-refractivity contribution in [2.75, 3.05) is 12.0 Å². The highest BCUT2D eigenvalue weighted by Crippen LogP contribution is 2.32. The van der Waals surface area contributed by atoms with Gasteiger partial charge in [-0.3, -0.25) is 0 Å². The van der Waals surface area contributed by atoms with Gasteiger partial charge in [-0.25, -0.2) is 17.8 Å². The number of nitrogen functional groups attached to an aromatic ring is 1. The van der Waals surface area contributed by atoms with Crippen LogP contribution in [0.4, 0.5) is 10.1 Å². The number of pyridine rings is 1. The molecule has 0 saturated carbocycles. The molecule has 0 amide bonds. The predicted molar refractivity (Wildman–Crippen MR) is 68.2 cm³/mol. The van der Waals surface area contributed by atoms with Gasteiger partial charge in [-0.2, -0.15) is 0 Å². The molecule has 0 fully saturated rings. The molecular formula is C12H11FN2O3S. The second kappa shape index (κ2) is 4.85. The molecule has 0 aliphatic rings. The van der Waals surface area contributed by atoms with Gasteiger partial charge in [0.1, 0.15) is 4.90 Å². The standard InChI is InChI=1S/C12H11FN2O3S/c1-19(16,17)10-6-3-7-15-12(10)18-11-8(13)4-2-5-9(11)14/h2-7H,14H2,1H3. The van der Waals surface area contributed by atoms with Crippen molar-refractivity contribution in [3.63, 3.8) is 0 Å². The monoisotopic (exact) mass is 282 g/mol. The fourth-order valence-electron chi connectivity index (χ4n) is 1.46. The van der Waals surface area contributed by atoms with Gasteiger partial charge in [-0.05, 0) is 24.3 Å². The lowest BCUT2D eigenvalue weighted by Gasteiger charge is -2.10. The minimum absolute atomic E-state index is 0.0603. The number of halogens is 1. The number of sulfone groups is 1. The second-order valence-corrected chi connectivity index (χ2v) is 5.82. The molecule has 0 radical (unpaired) electrons. The molecule has 100 valence electrons. The van der Waals surface area contributed by atoms with Crippen molar-refractivity contribution >= 4 is 15.5 Å². The number of hydrogen-bond acceptors (Lipinski definition) is 5. The van der Waals surface area contributed by atoms with Crippen LogP contribution < -0.4 is 10.5 Å². The smallest absolute Gasteiger partial charge is 0.238 e. The molecule has 0 bridgehead atoms. The third-order valence-corrected chi connectivity index (χ3v) is 3.44. The third kappa shape index (κ3) is 2.82. The molecule has 0 saturated heterocycles. The molecule has 19 heavy (non-hydrogen) atoms. The van der Waals surface area contributed by atoms with E-state index >= 15 is 0 Å². The third-order valence-electron chi connectivity index (χ3n) is 2.33. The zero-order valence-corrected chi connectivity index (χ0v) is 10.8. The van der Waals surface area contributed by atoms with E-state index in [4.69, 9.17) is 10.5 Å². The Labute approximate surface area is 109 Å². The zero-order valence-electron chi connectivity index (χ0n) is 10.00. The SMILES string of the molecule is CS(=O)(=O)c1cccnc1Oc1c(N)cccc1F. The molecule has 1 aromatic carbocycles. The minimum Gasteiger partial charge on any atom is -0.432 e. The van der Waals surface area contributed by atoms with Gasteiger partial charge in [0.15, 0.2) is 21.4 Å². The first-order chi connectivity index (χ1) is 8.89. The van der Waals surface area contributed by atoms with Crippen LogP contribution in [-0.4, -0.2) is 19.7 Å². The van der Waals surface area contributed by atoms with Crippen LogP contribution >= 0.6 is 0 Å². The number of hydrogen-bond donors (Lipinski definition) is 1. The average Bonchev–Trinajstić information content (AvgIpc) is 2.33. The van der Waals surface area contributed by atoms with E-state index in [0.29, 0.717) is 0 Å². The lowest BCUT2D eigenvalue weighted by atomic mass is 10.3. The summed E-state index contributed by atoms with van der Waals surface area (Å²) < 4.78 is 41.9. The number of nitrogens with two attached hydrogens (primary N) is 1. The zero-order chi connectivity index (χ0) is 14.0. The summed E-state index contributed by atoms with van der Waals surface area (Å²) >= 11 is 0. The van der Waals surface area contributed by atoms with Gasteiger partial charge in [-0.15, -0.1) is 0 Å².